The molecule has 2 rings (SSSR count). The van der Waals surface area contributed by atoms with E-state index in [4.69, 9.17) is 0 Å². The van der Waals surface area contributed by atoms with Crippen LogP contribution in [0.3, 0.4) is 0 Å². The number of rotatable bonds is 7. The third kappa shape index (κ3) is 2.54. The number of unbranched alkanes of at least 4 members (excludes halogenated alkanes) is 2. The van der Waals surface area contributed by atoms with Crippen LogP contribution in [0.25, 0.3) is 5.57 Å². The average molecular weight is 284 g/mol. The maximum atomic E-state index is 10.3. The molecule has 0 aliphatic heterocycles. The highest BCUT2D eigenvalue weighted by Crippen LogP contribution is 2.54. The highest BCUT2D eigenvalue weighted by molar-refractivity contribution is 5.84. The molecule has 0 unspecified atom stereocenters. The molecule has 1 N–H and O–H groups in total. The van der Waals surface area contributed by atoms with E-state index in [0.717, 1.165) is 18.4 Å². The summed E-state index contributed by atoms with van der Waals surface area (Å²) in [5, 5.41) is 10.3. The number of hydrogen-bond donors (Lipinski definition) is 1. The van der Waals surface area contributed by atoms with E-state index in [0.29, 0.717) is 5.75 Å². The molecule has 0 saturated carbocycles. The van der Waals surface area contributed by atoms with Crippen molar-refractivity contribution in [1.29, 1.82) is 0 Å². The molecule has 114 valence electrons. The van der Waals surface area contributed by atoms with Crippen LogP contribution >= 0.6 is 0 Å². The predicted octanol–water partition coefficient (Wildman–Crippen LogP) is 5.98. The molecule has 1 aliphatic carbocycles. The van der Waals surface area contributed by atoms with Crippen molar-refractivity contribution >= 4 is 5.57 Å². The minimum Gasteiger partial charge on any atom is -0.507 e. The molecule has 1 nitrogen and oxygen atoms in total. The molecule has 21 heavy (non-hydrogen) atoms. The number of phenols is 1. The summed E-state index contributed by atoms with van der Waals surface area (Å²) in [6.45, 7) is 10.7. The summed E-state index contributed by atoms with van der Waals surface area (Å²) in [5.74, 6) is 0.416. The van der Waals surface area contributed by atoms with Crippen LogP contribution < -0.4 is 0 Å². The normalized spacial score (nSPS) is 16.1. The second-order valence-electron chi connectivity index (χ2n) is 6.23. The van der Waals surface area contributed by atoms with Crippen molar-refractivity contribution in [2.45, 2.75) is 64.7 Å². The van der Waals surface area contributed by atoms with Crippen molar-refractivity contribution in [3.8, 4) is 5.75 Å². The minimum absolute atomic E-state index is 0.0614. The summed E-state index contributed by atoms with van der Waals surface area (Å²) in [6, 6.07) is 6.00. The average Bonchev–Trinajstić information content (AvgIpc) is 2.73. The Morgan fingerprint density at radius 2 is 1.76 bits per heavy atom. The molecule has 0 bridgehead atoms. The lowest BCUT2D eigenvalue weighted by Crippen LogP contribution is -2.26. The van der Waals surface area contributed by atoms with Crippen molar-refractivity contribution in [2.75, 3.05) is 0 Å². The maximum absolute atomic E-state index is 10.3. The van der Waals surface area contributed by atoms with Crippen molar-refractivity contribution < 1.29 is 5.11 Å². The second kappa shape index (κ2) is 6.51. The van der Waals surface area contributed by atoms with Crippen LogP contribution in [0.2, 0.25) is 0 Å². The summed E-state index contributed by atoms with van der Waals surface area (Å²) in [5.41, 5.74) is 4.98. The first kappa shape index (κ1) is 15.9. The fraction of sp³-hybridized carbons (Fsp3) is 0.500. The molecule has 1 heteroatoms. The van der Waals surface area contributed by atoms with Crippen LogP contribution in [-0.2, 0) is 5.41 Å². The van der Waals surface area contributed by atoms with Gasteiger partial charge in [-0.3, -0.25) is 0 Å². The van der Waals surface area contributed by atoms with Gasteiger partial charge in [0, 0.05) is 11.0 Å². The van der Waals surface area contributed by atoms with E-state index in [1.807, 2.05) is 12.1 Å². The van der Waals surface area contributed by atoms with E-state index in [-0.39, 0.29) is 5.41 Å². The molecule has 0 saturated heterocycles. The Morgan fingerprint density at radius 3 is 2.29 bits per heavy atom. The number of aromatic hydroxyl groups is 1. The molecule has 1 aromatic carbocycles. The predicted molar refractivity (Wildman–Crippen MR) is 91.6 cm³/mol. The summed E-state index contributed by atoms with van der Waals surface area (Å²) in [6.07, 6.45) is 9.15. The highest BCUT2D eigenvalue weighted by Gasteiger charge is 2.42. The first-order valence-electron chi connectivity index (χ1n) is 8.29. The number of fused-ring (bicyclic) bond motifs is 1. The van der Waals surface area contributed by atoms with Gasteiger partial charge in [-0.2, -0.15) is 0 Å². The third-order valence-corrected chi connectivity index (χ3v) is 4.97. The van der Waals surface area contributed by atoms with Crippen LogP contribution in [0.15, 0.2) is 36.4 Å². The first-order valence-corrected chi connectivity index (χ1v) is 8.29. The van der Waals surface area contributed by atoms with Crippen LogP contribution in [0.5, 0.6) is 5.75 Å². The van der Waals surface area contributed by atoms with Gasteiger partial charge in [-0.25, -0.2) is 0 Å². The Hall–Kier alpha value is -1.50. The van der Waals surface area contributed by atoms with E-state index >= 15 is 0 Å². The van der Waals surface area contributed by atoms with Gasteiger partial charge in [0.2, 0.25) is 0 Å². The number of allylic oxidation sites excluding steroid dienone is 3. The molecule has 0 amide bonds. The molecule has 0 radical (unpaired) electrons. The Labute approximate surface area is 129 Å². The molecule has 0 heterocycles. The highest BCUT2D eigenvalue weighted by atomic mass is 16.3. The van der Waals surface area contributed by atoms with Crippen molar-refractivity contribution in [3.63, 3.8) is 0 Å². The smallest absolute Gasteiger partial charge is 0.123 e. The van der Waals surface area contributed by atoms with Gasteiger partial charge in [-0.15, -0.1) is 0 Å². The van der Waals surface area contributed by atoms with E-state index in [1.54, 1.807) is 6.07 Å². The monoisotopic (exact) mass is 284 g/mol. The number of phenolic OH excluding ortho intramolecular Hbond substituents is 1. The summed E-state index contributed by atoms with van der Waals surface area (Å²) in [4.78, 5) is 0. The zero-order chi connectivity index (χ0) is 15.5. The largest absolute Gasteiger partial charge is 0.507 e. The van der Waals surface area contributed by atoms with E-state index < -0.39 is 0 Å². The molecular formula is C20H28O. The Morgan fingerprint density at radius 1 is 1.14 bits per heavy atom. The molecular weight excluding hydrogens is 256 g/mol. The van der Waals surface area contributed by atoms with Crippen molar-refractivity contribution in [3.05, 3.63) is 47.6 Å². The Bertz CT molecular complexity index is 543. The Balaban J connectivity index is 2.61. The minimum atomic E-state index is 0.0614. The van der Waals surface area contributed by atoms with E-state index in [9.17, 15) is 5.11 Å². The van der Waals surface area contributed by atoms with Crippen molar-refractivity contribution in [2.24, 2.45) is 0 Å². The number of hydrogen-bond acceptors (Lipinski definition) is 1. The van der Waals surface area contributed by atoms with Crippen LogP contribution in [0, 0.1) is 0 Å². The van der Waals surface area contributed by atoms with Crippen LogP contribution in [0.1, 0.15) is 70.4 Å². The fourth-order valence-corrected chi connectivity index (χ4v) is 3.94. The van der Waals surface area contributed by atoms with Crippen molar-refractivity contribution in [1.82, 2.24) is 0 Å². The van der Waals surface area contributed by atoms with Crippen LogP contribution in [-0.4, -0.2) is 5.11 Å². The topological polar surface area (TPSA) is 20.2 Å². The zero-order valence-electron chi connectivity index (χ0n) is 13.7. The molecule has 0 fully saturated rings. The molecule has 0 aromatic heterocycles. The first-order chi connectivity index (χ1) is 10.1. The molecule has 1 aliphatic rings. The SMILES string of the molecule is C=CC1=C(C)c2c(O)cccc2C1(CCCC)CCCC. The molecule has 0 atom stereocenters. The van der Waals surface area contributed by atoms with Gasteiger partial charge in [0.15, 0.2) is 0 Å². The third-order valence-electron chi connectivity index (χ3n) is 4.97. The maximum Gasteiger partial charge on any atom is 0.123 e. The summed E-state index contributed by atoms with van der Waals surface area (Å²) < 4.78 is 0. The quantitative estimate of drug-likeness (QED) is 0.652. The zero-order valence-corrected chi connectivity index (χ0v) is 13.7. The molecule has 1 aromatic rings. The van der Waals surface area contributed by atoms with Gasteiger partial charge in [0.25, 0.3) is 0 Å². The van der Waals surface area contributed by atoms with Gasteiger partial charge in [-0.05, 0) is 42.5 Å². The van der Waals surface area contributed by atoms with Gasteiger partial charge < -0.3 is 5.11 Å². The fourth-order valence-electron chi connectivity index (χ4n) is 3.94. The summed E-state index contributed by atoms with van der Waals surface area (Å²) >= 11 is 0. The lowest BCUT2D eigenvalue weighted by molar-refractivity contribution is 0.409. The second-order valence-corrected chi connectivity index (χ2v) is 6.23. The summed E-state index contributed by atoms with van der Waals surface area (Å²) in [7, 11) is 0. The van der Waals surface area contributed by atoms with Gasteiger partial charge in [0.1, 0.15) is 5.75 Å². The lowest BCUT2D eigenvalue weighted by atomic mass is 9.70. The van der Waals surface area contributed by atoms with Gasteiger partial charge in [-0.1, -0.05) is 64.3 Å². The van der Waals surface area contributed by atoms with Gasteiger partial charge >= 0.3 is 0 Å². The number of benzene rings is 1. The van der Waals surface area contributed by atoms with E-state index in [2.05, 4.69) is 33.4 Å². The van der Waals surface area contributed by atoms with E-state index in [1.165, 1.54) is 42.4 Å². The molecule has 0 spiro atoms. The standard InChI is InChI=1S/C20H28O/c1-5-8-13-20(14-9-6-2)16(7-3)15(4)19-17(20)11-10-12-18(19)21/h7,10-12,21H,3,5-6,8-9,13-14H2,1-2,4H3. The van der Waals surface area contributed by atoms with Crippen LogP contribution in [0.4, 0.5) is 0 Å². The Kier molecular flexibility index (Phi) is 4.92. The lowest BCUT2D eigenvalue weighted by Gasteiger charge is -2.33. The van der Waals surface area contributed by atoms with Gasteiger partial charge in [0.05, 0.1) is 0 Å².